The van der Waals surface area contributed by atoms with E-state index < -0.39 is 0 Å². The molecular weight excluding hydrogens is 208 g/mol. The summed E-state index contributed by atoms with van der Waals surface area (Å²) in [7, 11) is 0. The standard InChI is InChI=1S/C15H10N2/c1-2-6-11-10(5-1)9-16-15-14(11)12-7-3-4-8-13(12)17-15/h1-5,7-9H,6H2. The summed E-state index contributed by atoms with van der Waals surface area (Å²) in [5.41, 5.74) is 5.70. The Kier molecular flexibility index (Phi) is 1.64. The number of hydrogen-bond donors (Lipinski definition) is 0. The highest BCUT2D eigenvalue weighted by molar-refractivity contribution is 5.81. The van der Waals surface area contributed by atoms with E-state index in [1.165, 1.54) is 21.9 Å². The van der Waals surface area contributed by atoms with E-state index in [0.717, 1.165) is 17.6 Å². The van der Waals surface area contributed by atoms with Gasteiger partial charge in [0.25, 0.3) is 0 Å². The van der Waals surface area contributed by atoms with Crippen molar-refractivity contribution in [2.24, 2.45) is 4.99 Å². The molecule has 0 bridgehead atoms. The molecule has 1 aromatic carbocycles. The lowest BCUT2D eigenvalue weighted by molar-refractivity contribution is 1.11. The number of nitrogens with zero attached hydrogens (tertiary/aromatic N) is 2. The Morgan fingerprint density at radius 3 is 3.06 bits per heavy atom. The second-order valence-corrected chi connectivity index (χ2v) is 4.32. The fourth-order valence-electron chi connectivity index (χ4n) is 2.54. The second-order valence-electron chi connectivity index (χ2n) is 4.32. The van der Waals surface area contributed by atoms with Crippen LogP contribution in [0, 0.1) is 0 Å². The van der Waals surface area contributed by atoms with Crippen molar-refractivity contribution in [3.8, 4) is 11.1 Å². The van der Waals surface area contributed by atoms with Crippen molar-refractivity contribution < 1.29 is 0 Å². The van der Waals surface area contributed by atoms with Crippen LogP contribution in [0.2, 0.25) is 0 Å². The molecule has 0 amide bonds. The molecule has 2 aliphatic rings. The lowest BCUT2D eigenvalue weighted by Gasteiger charge is -2.08. The molecule has 2 heteroatoms. The van der Waals surface area contributed by atoms with Gasteiger partial charge < -0.3 is 0 Å². The number of benzene rings is 1. The van der Waals surface area contributed by atoms with Crippen LogP contribution in [-0.2, 0) is 6.42 Å². The van der Waals surface area contributed by atoms with Crippen LogP contribution in [0.25, 0.3) is 17.2 Å². The zero-order chi connectivity index (χ0) is 11.2. The topological polar surface area (TPSA) is 25.2 Å². The third-order valence-corrected chi connectivity index (χ3v) is 3.33. The molecule has 0 N–H and O–H groups in total. The third kappa shape index (κ3) is 1.15. The van der Waals surface area contributed by atoms with Crippen molar-refractivity contribution in [3.05, 3.63) is 58.9 Å². The van der Waals surface area contributed by atoms with Crippen LogP contribution < -0.4 is 10.7 Å². The van der Waals surface area contributed by atoms with Gasteiger partial charge in [-0.05, 0) is 23.3 Å². The molecule has 0 atom stereocenters. The SMILES string of the molecule is C1=CCc2c3c(ncc2=C1)=Nc1ccccc1-3. The maximum Gasteiger partial charge on any atom is 0.160 e. The van der Waals surface area contributed by atoms with Crippen molar-refractivity contribution in [3.63, 3.8) is 0 Å². The van der Waals surface area contributed by atoms with E-state index in [4.69, 9.17) is 0 Å². The van der Waals surface area contributed by atoms with E-state index in [-0.39, 0.29) is 0 Å². The minimum Gasteiger partial charge on any atom is -0.236 e. The smallest absolute Gasteiger partial charge is 0.160 e. The maximum atomic E-state index is 4.57. The Bertz CT molecular complexity index is 770. The number of allylic oxidation sites excluding steroid dienone is 2. The van der Waals surface area contributed by atoms with Gasteiger partial charge in [0.2, 0.25) is 0 Å². The van der Waals surface area contributed by atoms with E-state index in [1.54, 1.807) is 0 Å². The summed E-state index contributed by atoms with van der Waals surface area (Å²) >= 11 is 0. The average Bonchev–Trinajstić information content (AvgIpc) is 2.77. The monoisotopic (exact) mass is 218 g/mol. The summed E-state index contributed by atoms with van der Waals surface area (Å²) in [4.78, 5) is 9.03. The first-order chi connectivity index (χ1) is 8.43. The molecule has 0 spiro atoms. The minimum absolute atomic E-state index is 0.869. The molecule has 2 heterocycles. The van der Waals surface area contributed by atoms with Crippen LogP contribution in [0.3, 0.4) is 0 Å². The van der Waals surface area contributed by atoms with Crippen LogP contribution in [0.15, 0.2) is 47.6 Å². The van der Waals surface area contributed by atoms with Gasteiger partial charge in [0, 0.05) is 17.3 Å². The molecule has 4 rings (SSSR count). The molecule has 1 aliphatic carbocycles. The number of fused-ring (bicyclic) bond motifs is 5. The first-order valence-electron chi connectivity index (χ1n) is 5.76. The third-order valence-electron chi connectivity index (χ3n) is 3.33. The lowest BCUT2D eigenvalue weighted by Crippen LogP contribution is -2.21. The fourth-order valence-corrected chi connectivity index (χ4v) is 2.54. The normalized spacial score (nSPS) is 14.4. The van der Waals surface area contributed by atoms with Crippen molar-refractivity contribution in [1.29, 1.82) is 0 Å². The maximum absolute atomic E-state index is 4.57. The molecule has 17 heavy (non-hydrogen) atoms. The van der Waals surface area contributed by atoms with Crippen LogP contribution in [0.1, 0.15) is 5.56 Å². The molecule has 0 radical (unpaired) electrons. The zero-order valence-corrected chi connectivity index (χ0v) is 9.22. The number of para-hydroxylation sites is 1. The highest BCUT2D eigenvalue weighted by atomic mass is 14.9. The van der Waals surface area contributed by atoms with E-state index >= 15 is 0 Å². The van der Waals surface area contributed by atoms with Crippen molar-refractivity contribution in [2.75, 3.05) is 0 Å². The number of pyridine rings is 1. The zero-order valence-electron chi connectivity index (χ0n) is 9.22. The Balaban J connectivity index is 2.16. The van der Waals surface area contributed by atoms with Gasteiger partial charge in [-0.2, -0.15) is 0 Å². The lowest BCUT2D eigenvalue weighted by atomic mass is 9.96. The highest BCUT2D eigenvalue weighted by Gasteiger charge is 2.18. The first-order valence-corrected chi connectivity index (χ1v) is 5.76. The molecule has 0 unspecified atom stereocenters. The van der Waals surface area contributed by atoms with Gasteiger partial charge in [-0.1, -0.05) is 36.4 Å². The van der Waals surface area contributed by atoms with E-state index in [0.29, 0.717) is 0 Å². The Labute approximate surface area is 98.7 Å². The number of aromatic nitrogens is 1. The summed E-state index contributed by atoms with van der Waals surface area (Å²) in [5, 5.41) is 1.22. The summed E-state index contributed by atoms with van der Waals surface area (Å²) in [6.07, 6.45) is 9.29. The van der Waals surface area contributed by atoms with Gasteiger partial charge in [0.15, 0.2) is 5.49 Å². The molecule has 0 saturated carbocycles. The fraction of sp³-hybridized carbons (Fsp3) is 0.0667. The van der Waals surface area contributed by atoms with E-state index in [2.05, 4.69) is 40.3 Å². The van der Waals surface area contributed by atoms with Crippen molar-refractivity contribution in [1.82, 2.24) is 4.98 Å². The van der Waals surface area contributed by atoms with Crippen LogP contribution in [0.5, 0.6) is 0 Å². The van der Waals surface area contributed by atoms with Gasteiger partial charge in [-0.15, -0.1) is 0 Å². The van der Waals surface area contributed by atoms with Gasteiger partial charge in [0.05, 0.1) is 5.69 Å². The van der Waals surface area contributed by atoms with Gasteiger partial charge in [-0.25, -0.2) is 9.98 Å². The molecule has 2 nitrogen and oxygen atoms in total. The molecule has 1 aliphatic heterocycles. The largest absolute Gasteiger partial charge is 0.236 e. The molecule has 1 aromatic heterocycles. The van der Waals surface area contributed by atoms with Crippen LogP contribution in [-0.4, -0.2) is 4.98 Å². The molecule has 80 valence electrons. The number of rotatable bonds is 0. The predicted molar refractivity (Wildman–Crippen MR) is 67.4 cm³/mol. The van der Waals surface area contributed by atoms with Gasteiger partial charge in [0.1, 0.15) is 0 Å². The molecule has 2 aromatic rings. The van der Waals surface area contributed by atoms with E-state index in [1.807, 2.05) is 18.3 Å². The van der Waals surface area contributed by atoms with Crippen molar-refractivity contribution in [2.45, 2.75) is 6.42 Å². The van der Waals surface area contributed by atoms with Gasteiger partial charge in [-0.3, -0.25) is 0 Å². The Morgan fingerprint density at radius 1 is 1.12 bits per heavy atom. The summed E-state index contributed by atoms with van der Waals surface area (Å²) in [6, 6.07) is 8.26. The average molecular weight is 218 g/mol. The summed E-state index contributed by atoms with van der Waals surface area (Å²) < 4.78 is 0. The van der Waals surface area contributed by atoms with E-state index in [9.17, 15) is 0 Å². The highest BCUT2D eigenvalue weighted by Crippen LogP contribution is 2.33. The van der Waals surface area contributed by atoms with Gasteiger partial charge >= 0.3 is 0 Å². The Hall–Kier alpha value is -2.22. The summed E-state index contributed by atoms with van der Waals surface area (Å²) in [6.45, 7) is 0. The van der Waals surface area contributed by atoms with Crippen LogP contribution in [0.4, 0.5) is 5.69 Å². The number of hydrogen-bond acceptors (Lipinski definition) is 2. The molecule has 0 saturated heterocycles. The Morgan fingerprint density at radius 2 is 2.06 bits per heavy atom. The second kappa shape index (κ2) is 3.14. The quantitative estimate of drug-likeness (QED) is 0.566. The van der Waals surface area contributed by atoms with Crippen LogP contribution >= 0.6 is 0 Å². The predicted octanol–water partition coefficient (Wildman–Crippen LogP) is 1.91. The van der Waals surface area contributed by atoms with Crippen molar-refractivity contribution >= 4 is 11.8 Å². The molecule has 0 fully saturated rings. The minimum atomic E-state index is 0.869. The summed E-state index contributed by atoms with van der Waals surface area (Å²) in [5.74, 6) is 0. The first kappa shape index (κ1) is 8.88. The molecular formula is C15H10N2.